The molecule has 0 aliphatic rings. The molecule has 0 bridgehead atoms. The third kappa shape index (κ3) is 9.65. The van der Waals surface area contributed by atoms with Crippen molar-refractivity contribution in [1.29, 1.82) is 0 Å². The number of carbonyl (C=O) groups excluding carboxylic acids is 2. The van der Waals surface area contributed by atoms with Gasteiger partial charge in [0.2, 0.25) is 0 Å². The average Bonchev–Trinajstić information content (AvgIpc) is 2.39. The van der Waals surface area contributed by atoms with Gasteiger partial charge in [-0.2, -0.15) is 0 Å². The molecule has 0 atom stereocenters. The molecule has 0 aromatic heterocycles. The van der Waals surface area contributed by atoms with E-state index in [-0.39, 0.29) is 31.3 Å². The first kappa shape index (κ1) is 18.1. The highest BCUT2D eigenvalue weighted by molar-refractivity contribution is 5.96. The van der Waals surface area contributed by atoms with E-state index in [4.69, 9.17) is 9.84 Å². The van der Waals surface area contributed by atoms with Gasteiger partial charge in [0.25, 0.3) is 0 Å². The van der Waals surface area contributed by atoms with Crippen molar-refractivity contribution in [2.75, 3.05) is 13.2 Å². The summed E-state index contributed by atoms with van der Waals surface area (Å²) in [6.07, 6.45) is 6.24. The highest BCUT2D eigenvalue weighted by Crippen LogP contribution is 2.19. The molecule has 4 nitrogen and oxygen atoms in total. The molecule has 0 unspecified atom stereocenters. The Morgan fingerprint density at radius 3 is 2.11 bits per heavy atom. The van der Waals surface area contributed by atoms with Crippen LogP contribution in [0.4, 0.5) is 0 Å². The standard InChI is InChI=1S/C15H28O4/c1-3-5-8-13(9-6-4-2)14(17)12-15(18)19-11-7-10-16/h13,16H,3-12H2,1-2H3. The van der Waals surface area contributed by atoms with Crippen LogP contribution in [0.25, 0.3) is 0 Å². The van der Waals surface area contributed by atoms with E-state index >= 15 is 0 Å². The second-order valence-corrected chi connectivity index (χ2v) is 4.92. The number of aliphatic hydroxyl groups is 1. The largest absolute Gasteiger partial charge is 0.465 e. The van der Waals surface area contributed by atoms with Crippen molar-refractivity contribution in [1.82, 2.24) is 0 Å². The third-order valence-electron chi connectivity index (χ3n) is 3.15. The number of hydrogen-bond donors (Lipinski definition) is 1. The van der Waals surface area contributed by atoms with Gasteiger partial charge in [-0.3, -0.25) is 9.59 Å². The van der Waals surface area contributed by atoms with Crippen LogP contribution in [0.5, 0.6) is 0 Å². The minimum Gasteiger partial charge on any atom is -0.465 e. The molecule has 0 aliphatic heterocycles. The maximum atomic E-state index is 12.0. The molecule has 0 saturated carbocycles. The molecule has 1 N–H and O–H groups in total. The zero-order valence-electron chi connectivity index (χ0n) is 12.3. The number of rotatable bonds is 12. The number of hydrogen-bond acceptors (Lipinski definition) is 4. The summed E-state index contributed by atoms with van der Waals surface area (Å²) >= 11 is 0. The first-order chi connectivity index (χ1) is 9.15. The number of ketones is 1. The van der Waals surface area contributed by atoms with Gasteiger partial charge in [-0.25, -0.2) is 0 Å². The lowest BCUT2D eigenvalue weighted by Crippen LogP contribution is -2.20. The molecule has 0 fully saturated rings. The minimum absolute atomic E-state index is 0.00312. The Labute approximate surface area is 116 Å². The van der Waals surface area contributed by atoms with E-state index in [1.165, 1.54) is 0 Å². The van der Waals surface area contributed by atoms with E-state index in [9.17, 15) is 9.59 Å². The zero-order chi connectivity index (χ0) is 14.5. The first-order valence-corrected chi connectivity index (χ1v) is 7.44. The number of carbonyl (C=O) groups is 2. The molecule has 0 aromatic carbocycles. The second kappa shape index (κ2) is 12.2. The van der Waals surface area contributed by atoms with Crippen molar-refractivity contribution < 1.29 is 19.4 Å². The topological polar surface area (TPSA) is 63.6 Å². The smallest absolute Gasteiger partial charge is 0.313 e. The molecule has 0 heterocycles. The SMILES string of the molecule is CCCCC(CCCC)C(=O)CC(=O)OCCCO. The van der Waals surface area contributed by atoms with Crippen LogP contribution >= 0.6 is 0 Å². The monoisotopic (exact) mass is 272 g/mol. The Morgan fingerprint density at radius 1 is 1.05 bits per heavy atom. The molecule has 4 heteroatoms. The molecule has 19 heavy (non-hydrogen) atoms. The van der Waals surface area contributed by atoms with E-state index in [0.717, 1.165) is 38.5 Å². The first-order valence-electron chi connectivity index (χ1n) is 7.44. The fourth-order valence-electron chi connectivity index (χ4n) is 1.96. The Hall–Kier alpha value is -0.900. The molecule has 0 rings (SSSR count). The van der Waals surface area contributed by atoms with Gasteiger partial charge in [-0.15, -0.1) is 0 Å². The van der Waals surface area contributed by atoms with Gasteiger partial charge in [-0.05, 0) is 12.8 Å². The van der Waals surface area contributed by atoms with Gasteiger partial charge >= 0.3 is 5.97 Å². The van der Waals surface area contributed by atoms with Crippen LogP contribution in [-0.2, 0) is 14.3 Å². The van der Waals surface area contributed by atoms with Gasteiger partial charge in [0.1, 0.15) is 12.2 Å². The number of ether oxygens (including phenoxy) is 1. The van der Waals surface area contributed by atoms with Crippen LogP contribution < -0.4 is 0 Å². The van der Waals surface area contributed by atoms with E-state index in [1.807, 2.05) is 0 Å². The third-order valence-corrected chi connectivity index (χ3v) is 3.15. The maximum absolute atomic E-state index is 12.0. The molecule has 0 amide bonds. The minimum atomic E-state index is -0.462. The van der Waals surface area contributed by atoms with Crippen LogP contribution in [0.2, 0.25) is 0 Å². The highest BCUT2D eigenvalue weighted by atomic mass is 16.5. The molecular weight excluding hydrogens is 244 g/mol. The van der Waals surface area contributed by atoms with E-state index < -0.39 is 5.97 Å². The van der Waals surface area contributed by atoms with Crippen molar-refractivity contribution in [2.24, 2.45) is 5.92 Å². The second-order valence-electron chi connectivity index (χ2n) is 4.92. The fraction of sp³-hybridized carbons (Fsp3) is 0.867. The molecule has 0 spiro atoms. The molecular formula is C15H28O4. The van der Waals surface area contributed by atoms with Crippen LogP contribution in [0, 0.1) is 5.92 Å². The Kier molecular flexibility index (Phi) is 11.6. The summed E-state index contributed by atoms with van der Waals surface area (Å²) < 4.78 is 4.89. The van der Waals surface area contributed by atoms with Crippen molar-refractivity contribution >= 4 is 11.8 Å². The van der Waals surface area contributed by atoms with Crippen LogP contribution in [0.15, 0.2) is 0 Å². The normalized spacial score (nSPS) is 10.7. The number of Topliss-reactive ketones (excluding diaryl/α,β-unsaturated/α-hetero) is 1. The summed E-state index contributed by atoms with van der Waals surface area (Å²) in [5.74, 6) is -0.447. The van der Waals surface area contributed by atoms with Crippen molar-refractivity contribution in [3.63, 3.8) is 0 Å². The highest BCUT2D eigenvalue weighted by Gasteiger charge is 2.20. The van der Waals surface area contributed by atoms with Gasteiger partial charge in [-0.1, -0.05) is 39.5 Å². The molecule has 0 aromatic rings. The van der Waals surface area contributed by atoms with Crippen molar-refractivity contribution in [3.8, 4) is 0 Å². The van der Waals surface area contributed by atoms with E-state index in [1.54, 1.807) is 0 Å². The predicted octanol–water partition coefficient (Wildman–Crippen LogP) is 2.87. The summed E-state index contributed by atoms with van der Waals surface area (Å²) in [6.45, 7) is 4.39. The summed E-state index contributed by atoms with van der Waals surface area (Å²) in [5.41, 5.74) is 0. The zero-order valence-corrected chi connectivity index (χ0v) is 12.3. The number of aliphatic hydroxyl groups excluding tert-OH is 1. The van der Waals surface area contributed by atoms with Crippen molar-refractivity contribution in [2.45, 2.75) is 65.2 Å². The van der Waals surface area contributed by atoms with Gasteiger partial charge in [0.05, 0.1) is 6.61 Å². The van der Waals surface area contributed by atoms with Crippen LogP contribution in [0.1, 0.15) is 65.2 Å². The van der Waals surface area contributed by atoms with Gasteiger partial charge < -0.3 is 9.84 Å². The Morgan fingerprint density at radius 2 is 1.63 bits per heavy atom. The molecule has 0 aliphatic carbocycles. The summed E-state index contributed by atoms with van der Waals surface area (Å²) in [4.78, 5) is 23.5. The number of esters is 1. The maximum Gasteiger partial charge on any atom is 0.313 e. The Bertz CT molecular complexity index is 243. The fourth-order valence-corrected chi connectivity index (χ4v) is 1.96. The summed E-state index contributed by atoms with van der Waals surface area (Å²) in [6, 6.07) is 0. The average molecular weight is 272 g/mol. The lowest BCUT2D eigenvalue weighted by atomic mass is 9.90. The Balaban J connectivity index is 4.09. The van der Waals surface area contributed by atoms with E-state index in [2.05, 4.69) is 13.8 Å². The van der Waals surface area contributed by atoms with Gasteiger partial charge in [0.15, 0.2) is 0 Å². The lowest BCUT2D eigenvalue weighted by molar-refractivity contribution is -0.147. The van der Waals surface area contributed by atoms with Crippen molar-refractivity contribution in [3.05, 3.63) is 0 Å². The molecule has 112 valence electrons. The lowest BCUT2D eigenvalue weighted by Gasteiger charge is -2.14. The molecule has 0 saturated heterocycles. The number of unbranched alkanes of at least 4 members (excludes halogenated alkanes) is 2. The molecule has 0 radical (unpaired) electrons. The van der Waals surface area contributed by atoms with E-state index in [0.29, 0.717) is 6.42 Å². The quantitative estimate of drug-likeness (QED) is 0.337. The van der Waals surface area contributed by atoms with Gasteiger partial charge in [0, 0.05) is 18.9 Å². The van der Waals surface area contributed by atoms with Crippen LogP contribution in [0.3, 0.4) is 0 Å². The summed E-state index contributed by atoms with van der Waals surface area (Å²) in [5, 5.41) is 8.59. The van der Waals surface area contributed by atoms with Crippen LogP contribution in [-0.4, -0.2) is 30.1 Å². The predicted molar refractivity (Wildman–Crippen MR) is 74.8 cm³/mol. The summed E-state index contributed by atoms with van der Waals surface area (Å²) in [7, 11) is 0.